The Hall–Kier alpha value is -2.59. The molecular weight excluding hydrogens is 286 g/mol. The highest BCUT2D eigenvalue weighted by atomic mass is 16.2. The summed E-state index contributed by atoms with van der Waals surface area (Å²) in [5.74, 6) is -0.146. The average molecular weight is 307 g/mol. The van der Waals surface area contributed by atoms with Gasteiger partial charge in [-0.15, -0.1) is 0 Å². The Morgan fingerprint density at radius 3 is 2.57 bits per heavy atom. The molecule has 4 heteroatoms. The Labute approximate surface area is 135 Å². The highest BCUT2D eigenvalue weighted by Gasteiger charge is 2.12. The molecule has 0 aliphatic rings. The van der Waals surface area contributed by atoms with Crippen molar-refractivity contribution >= 4 is 16.8 Å². The third kappa shape index (κ3) is 3.79. The molecule has 0 fully saturated rings. The zero-order valence-electron chi connectivity index (χ0n) is 13.2. The van der Waals surface area contributed by atoms with E-state index < -0.39 is 0 Å². The van der Waals surface area contributed by atoms with Crippen LogP contribution in [-0.2, 0) is 6.42 Å². The van der Waals surface area contributed by atoms with Crippen LogP contribution in [0.2, 0.25) is 0 Å². The summed E-state index contributed by atoms with van der Waals surface area (Å²) in [4.78, 5) is 15.4. The number of hydrazine groups is 1. The molecule has 118 valence electrons. The van der Waals surface area contributed by atoms with Crippen molar-refractivity contribution in [3.05, 3.63) is 71.9 Å². The van der Waals surface area contributed by atoms with Crippen LogP contribution in [0, 0.1) is 0 Å². The number of para-hydroxylation sites is 1. The molecule has 4 nitrogen and oxygen atoms in total. The predicted molar refractivity (Wildman–Crippen MR) is 93.1 cm³/mol. The van der Waals surface area contributed by atoms with Crippen LogP contribution in [0.25, 0.3) is 10.9 Å². The van der Waals surface area contributed by atoms with Crippen molar-refractivity contribution in [2.45, 2.75) is 25.8 Å². The molecule has 23 heavy (non-hydrogen) atoms. The summed E-state index contributed by atoms with van der Waals surface area (Å²) in [5, 5.41) is 1.04. The summed E-state index contributed by atoms with van der Waals surface area (Å²) in [5.41, 5.74) is 8.74. The SMILES string of the molecule is CCC(Cc1ccccc1)NNC(=O)c1cc2ccccc2[nH]1. The van der Waals surface area contributed by atoms with Crippen molar-refractivity contribution in [2.24, 2.45) is 0 Å². The van der Waals surface area contributed by atoms with Gasteiger partial charge in [-0.25, -0.2) is 5.43 Å². The van der Waals surface area contributed by atoms with Crippen molar-refractivity contribution in [1.82, 2.24) is 15.8 Å². The molecule has 3 rings (SSSR count). The van der Waals surface area contributed by atoms with Crippen LogP contribution in [-0.4, -0.2) is 16.9 Å². The van der Waals surface area contributed by atoms with Crippen LogP contribution < -0.4 is 10.9 Å². The molecule has 0 spiro atoms. The number of benzene rings is 2. The zero-order valence-corrected chi connectivity index (χ0v) is 13.2. The summed E-state index contributed by atoms with van der Waals surface area (Å²) in [6.45, 7) is 2.11. The molecule has 0 aliphatic carbocycles. The second-order valence-electron chi connectivity index (χ2n) is 5.66. The molecule has 1 heterocycles. The van der Waals surface area contributed by atoms with Crippen molar-refractivity contribution in [3.8, 4) is 0 Å². The van der Waals surface area contributed by atoms with Crippen molar-refractivity contribution in [2.75, 3.05) is 0 Å². The monoisotopic (exact) mass is 307 g/mol. The number of aromatic amines is 1. The number of amides is 1. The van der Waals surface area contributed by atoms with Gasteiger partial charge in [0.15, 0.2) is 0 Å². The maximum atomic E-state index is 12.3. The minimum atomic E-state index is -0.146. The third-order valence-corrected chi connectivity index (χ3v) is 3.98. The van der Waals surface area contributed by atoms with Crippen LogP contribution in [0.5, 0.6) is 0 Å². The van der Waals surface area contributed by atoms with E-state index in [1.54, 1.807) is 0 Å². The number of carbonyl (C=O) groups is 1. The van der Waals surface area contributed by atoms with Crippen molar-refractivity contribution in [3.63, 3.8) is 0 Å². The van der Waals surface area contributed by atoms with Crippen molar-refractivity contribution in [1.29, 1.82) is 0 Å². The van der Waals surface area contributed by atoms with Gasteiger partial charge in [-0.1, -0.05) is 55.5 Å². The molecule has 0 radical (unpaired) electrons. The van der Waals surface area contributed by atoms with E-state index in [9.17, 15) is 4.79 Å². The fourth-order valence-corrected chi connectivity index (χ4v) is 2.63. The third-order valence-electron chi connectivity index (χ3n) is 3.98. The average Bonchev–Trinajstić information content (AvgIpc) is 3.03. The van der Waals surface area contributed by atoms with E-state index in [1.165, 1.54) is 5.56 Å². The lowest BCUT2D eigenvalue weighted by Crippen LogP contribution is -2.45. The summed E-state index contributed by atoms with van der Waals surface area (Å²) in [6, 6.07) is 20.2. The molecule has 0 bridgehead atoms. The molecule has 2 aromatic carbocycles. The number of fused-ring (bicyclic) bond motifs is 1. The lowest BCUT2D eigenvalue weighted by atomic mass is 10.0. The number of H-pyrrole nitrogens is 1. The predicted octanol–water partition coefficient (Wildman–Crippen LogP) is 3.42. The van der Waals surface area contributed by atoms with Gasteiger partial charge in [0.2, 0.25) is 0 Å². The smallest absolute Gasteiger partial charge is 0.281 e. The summed E-state index contributed by atoms with van der Waals surface area (Å²) >= 11 is 0. The normalized spacial score (nSPS) is 12.2. The minimum Gasteiger partial charge on any atom is -0.350 e. The largest absolute Gasteiger partial charge is 0.350 e. The fraction of sp³-hybridized carbons (Fsp3) is 0.211. The minimum absolute atomic E-state index is 0.146. The van der Waals surface area contributed by atoms with E-state index >= 15 is 0 Å². The number of aromatic nitrogens is 1. The summed E-state index contributed by atoms with van der Waals surface area (Å²) in [6.07, 6.45) is 1.81. The van der Waals surface area contributed by atoms with Crippen LogP contribution in [0.4, 0.5) is 0 Å². The second kappa shape index (κ2) is 7.11. The van der Waals surface area contributed by atoms with Gasteiger partial charge in [0, 0.05) is 16.9 Å². The number of nitrogens with one attached hydrogen (secondary N) is 3. The Balaban J connectivity index is 1.60. The number of hydrogen-bond acceptors (Lipinski definition) is 2. The Morgan fingerprint density at radius 1 is 1.09 bits per heavy atom. The first-order chi connectivity index (χ1) is 11.3. The van der Waals surface area contributed by atoms with E-state index in [4.69, 9.17) is 0 Å². The van der Waals surface area contributed by atoms with Crippen LogP contribution in [0.1, 0.15) is 29.4 Å². The summed E-state index contributed by atoms with van der Waals surface area (Å²) in [7, 11) is 0. The van der Waals surface area contributed by atoms with Crippen LogP contribution in [0.3, 0.4) is 0 Å². The number of rotatable bonds is 6. The first kappa shape index (κ1) is 15.3. The molecule has 1 atom stereocenters. The van der Waals surface area contributed by atoms with Gasteiger partial charge in [0.1, 0.15) is 5.69 Å². The molecule has 0 saturated carbocycles. The lowest BCUT2D eigenvalue weighted by Gasteiger charge is -2.17. The molecule has 3 N–H and O–H groups in total. The molecular formula is C19H21N3O. The van der Waals surface area contributed by atoms with Gasteiger partial charge in [-0.05, 0) is 30.5 Å². The molecule has 1 unspecified atom stereocenters. The van der Waals surface area contributed by atoms with E-state index in [2.05, 4.69) is 34.9 Å². The van der Waals surface area contributed by atoms with E-state index in [-0.39, 0.29) is 11.9 Å². The van der Waals surface area contributed by atoms with Gasteiger partial charge < -0.3 is 4.98 Å². The van der Waals surface area contributed by atoms with E-state index in [0.717, 1.165) is 23.7 Å². The Morgan fingerprint density at radius 2 is 1.83 bits per heavy atom. The standard InChI is InChI=1S/C19H21N3O/c1-2-16(12-14-8-4-3-5-9-14)21-22-19(23)18-13-15-10-6-7-11-17(15)20-18/h3-11,13,16,20-21H,2,12H2,1H3,(H,22,23). The molecule has 3 aromatic rings. The summed E-state index contributed by atoms with van der Waals surface area (Å²) < 4.78 is 0. The second-order valence-corrected chi connectivity index (χ2v) is 5.66. The zero-order chi connectivity index (χ0) is 16.1. The fourth-order valence-electron chi connectivity index (χ4n) is 2.63. The molecule has 0 aliphatic heterocycles. The van der Waals surface area contributed by atoms with Crippen molar-refractivity contribution < 1.29 is 4.79 Å². The maximum absolute atomic E-state index is 12.3. The van der Waals surface area contributed by atoms with Gasteiger partial charge in [0.25, 0.3) is 5.91 Å². The first-order valence-corrected chi connectivity index (χ1v) is 7.94. The van der Waals surface area contributed by atoms with Gasteiger partial charge in [-0.3, -0.25) is 10.2 Å². The van der Waals surface area contributed by atoms with E-state index in [0.29, 0.717) is 5.69 Å². The molecule has 1 aromatic heterocycles. The first-order valence-electron chi connectivity index (χ1n) is 7.94. The maximum Gasteiger partial charge on any atom is 0.281 e. The Kier molecular flexibility index (Phi) is 4.74. The highest BCUT2D eigenvalue weighted by Crippen LogP contribution is 2.14. The lowest BCUT2D eigenvalue weighted by molar-refractivity contribution is 0.0920. The quantitative estimate of drug-likeness (QED) is 0.611. The van der Waals surface area contributed by atoms with Gasteiger partial charge >= 0.3 is 0 Å². The molecule has 0 saturated heterocycles. The highest BCUT2D eigenvalue weighted by molar-refractivity contribution is 5.97. The number of hydrogen-bond donors (Lipinski definition) is 3. The van der Waals surface area contributed by atoms with Crippen LogP contribution in [0.15, 0.2) is 60.7 Å². The van der Waals surface area contributed by atoms with E-state index in [1.807, 2.05) is 48.5 Å². The molecule has 1 amide bonds. The Bertz CT molecular complexity index is 746. The topological polar surface area (TPSA) is 56.9 Å². The van der Waals surface area contributed by atoms with Gasteiger partial charge in [-0.2, -0.15) is 0 Å². The van der Waals surface area contributed by atoms with Gasteiger partial charge in [0.05, 0.1) is 0 Å². The van der Waals surface area contributed by atoms with Crippen LogP contribution >= 0.6 is 0 Å². The number of carbonyl (C=O) groups excluding carboxylic acids is 1.